The molecular formula is C21H23FN2O4. The van der Waals surface area contributed by atoms with Crippen molar-refractivity contribution in [3.63, 3.8) is 0 Å². The molecular weight excluding hydrogens is 363 g/mol. The zero-order valence-electron chi connectivity index (χ0n) is 15.7. The molecule has 0 radical (unpaired) electrons. The second-order valence-corrected chi connectivity index (χ2v) is 6.68. The van der Waals surface area contributed by atoms with Crippen LogP contribution in [-0.2, 0) is 27.2 Å². The molecule has 6 nitrogen and oxygen atoms in total. The Morgan fingerprint density at radius 3 is 2.18 bits per heavy atom. The molecule has 0 saturated carbocycles. The molecule has 148 valence electrons. The third kappa shape index (κ3) is 6.50. The molecule has 0 fully saturated rings. The monoisotopic (exact) mass is 386 g/mol. The minimum absolute atomic E-state index is 0.0417. The fourth-order valence-electron chi connectivity index (χ4n) is 2.79. The molecule has 2 amide bonds. The number of hydrogen-bond acceptors (Lipinski definition) is 3. The summed E-state index contributed by atoms with van der Waals surface area (Å²) in [5.41, 5.74) is 2.32. The molecule has 28 heavy (non-hydrogen) atoms. The maximum atomic E-state index is 13.4. The van der Waals surface area contributed by atoms with Gasteiger partial charge in [-0.25, -0.2) is 9.18 Å². The number of carboxylic acids is 1. The van der Waals surface area contributed by atoms with Crippen molar-refractivity contribution in [3.8, 4) is 0 Å². The van der Waals surface area contributed by atoms with Crippen LogP contribution in [0.5, 0.6) is 0 Å². The van der Waals surface area contributed by atoms with Gasteiger partial charge in [-0.05, 0) is 30.2 Å². The quantitative estimate of drug-likeness (QED) is 0.647. The molecule has 2 rings (SSSR count). The predicted molar refractivity (Wildman–Crippen MR) is 102 cm³/mol. The maximum absolute atomic E-state index is 13.4. The first kappa shape index (κ1) is 21.1. The lowest BCUT2D eigenvalue weighted by Gasteiger charge is -2.21. The van der Waals surface area contributed by atoms with Crippen molar-refractivity contribution in [2.75, 3.05) is 0 Å². The van der Waals surface area contributed by atoms with Gasteiger partial charge in [-0.1, -0.05) is 42.0 Å². The summed E-state index contributed by atoms with van der Waals surface area (Å²) in [7, 11) is 0. The largest absolute Gasteiger partial charge is 0.480 e. The fraction of sp³-hybridized carbons (Fsp3) is 0.286. The number of aryl methyl sites for hydroxylation is 1. The second kappa shape index (κ2) is 9.64. The van der Waals surface area contributed by atoms with Crippen LogP contribution in [0.25, 0.3) is 0 Å². The van der Waals surface area contributed by atoms with Gasteiger partial charge >= 0.3 is 5.97 Å². The van der Waals surface area contributed by atoms with Gasteiger partial charge in [0.15, 0.2) is 0 Å². The SMILES string of the molecule is CC(=O)N[C@@H](Cc1cccc(F)c1)C(=O)N[C@@H](Cc1ccc(C)cc1)C(=O)O. The number of amides is 2. The van der Waals surface area contributed by atoms with Gasteiger partial charge in [0.2, 0.25) is 11.8 Å². The van der Waals surface area contributed by atoms with Gasteiger partial charge in [-0.3, -0.25) is 9.59 Å². The van der Waals surface area contributed by atoms with E-state index in [1.54, 1.807) is 18.2 Å². The standard InChI is InChI=1S/C21H23FN2O4/c1-13-6-8-15(9-7-13)11-19(21(27)28)24-20(26)18(23-14(2)25)12-16-4-3-5-17(22)10-16/h3-10,18-19H,11-12H2,1-2H3,(H,23,25)(H,24,26)(H,27,28)/t18-,19-/m0/s1. The van der Waals surface area contributed by atoms with Crippen molar-refractivity contribution < 1.29 is 23.9 Å². The number of carbonyl (C=O) groups is 3. The number of halogens is 1. The molecule has 2 aromatic carbocycles. The summed E-state index contributed by atoms with van der Waals surface area (Å²) >= 11 is 0. The summed E-state index contributed by atoms with van der Waals surface area (Å²) in [4.78, 5) is 35.7. The van der Waals surface area contributed by atoms with E-state index >= 15 is 0 Å². The molecule has 3 N–H and O–H groups in total. The summed E-state index contributed by atoms with van der Waals surface area (Å²) in [6.45, 7) is 3.18. The number of hydrogen-bond donors (Lipinski definition) is 3. The van der Waals surface area contributed by atoms with E-state index < -0.39 is 35.7 Å². The molecule has 7 heteroatoms. The number of nitrogens with one attached hydrogen (secondary N) is 2. The van der Waals surface area contributed by atoms with Crippen LogP contribution < -0.4 is 10.6 Å². The average Bonchev–Trinajstić information content (AvgIpc) is 2.62. The lowest BCUT2D eigenvalue weighted by molar-refractivity contribution is -0.142. The average molecular weight is 386 g/mol. The first-order chi connectivity index (χ1) is 13.2. The van der Waals surface area contributed by atoms with Gasteiger partial charge in [-0.2, -0.15) is 0 Å². The van der Waals surface area contributed by atoms with Crippen LogP contribution in [0.1, 0.15) is 23.6 Å². The Kier molecular flexibility index (Phi) is 7.26. The minimum Gasteiger partial charge on any atom is -0.480 e. The Labute approximate surface area is 162 Å². The lowest BCUT2D eigenvalue weighted by atomic mass is 10.0. The van der Waals surface area contributed by atoms with E-state index in [1.165, 1.54) is 25.1 Å². The topological polar surface area (TPSA) is 95.5 Å². The van der Waals surface area contributed by atoms with Crippen LogP contribution in [-0.4, -0.2) is 35.0 Å². The zero-order valence-corrected chi connectivity index (χ0v) is 15.7. The van der Waals surface area contributed by atoms with Crippen LogP contribution >= 0.6 is 0 Å². The molecule has 0 unspecified atom stereocenters. The Bertz CT molecular complexity index is 852. The zero-order chi connectivity index (χ0) is 20.7. The number of carboxylic acid groups (broad SMARTS) is 1. The molecule has 2 atom stereocenters. The molecule has 0 saturated heterocycles. The van der Waals surface area contributed by atoms with E-state index in [-0.39, 0.29) is 12.8 Å². The third-order valence-electron chi connectivity index (χ3n) is 4.20. The highest BCUT2D eigenvalue weighted by Gasteiger charge is 2.26. The maximum Gasteiger partial charge on any atom is 0.326 e. The van der Waals surface area contributed by atoms with E-state index in [9.17, 15) is 23.9 Å². The number of aliphatic carboxylic acids is 1. The predicted octanol–water partition coefficient (Wildman–Crippen LogP) is 1.99. The van der Waals surface area contributed by atoms with Gasteiger partial charge < -0.3 is 15.7 Å². The van der Waals surface area contributed by atoms with Crippen molar-refractivity contribution >= 4 is 17.8 Å². The van der Waals surface area contributed by atoms with E-state index in [0.717, 1.165) is 11.1 Å². The lowest BCUT2D eigenvalue weighted by Crippen LogP contribution is -2.52. The van der Waals surface area contributed by atoms with Gasteiger partial charge in [0.25, 0.3) is 0 Å². The first-order valence-electron chi connectivity index (χ1n) is 8.85. The molecule has 0 aliphatic rings. The Hall–Kier alpha value is -3.22. The van der Waals surface area contributed by atoms with E-state index in [4.69, 9.17) is 0 Å². The van der Waals surface area contributed by atoms with Crippen LogP contribution in [0, 0.1) is 12.7 Å². The summed E-state index contributed by atoms with van der Waals surface area (Å²) < 4.78 is 13.4. The summed E-state index contributed by atoms with van der Waals surface area (Å²) in [5, 5.41) is 14.4. The van der Waals surface area contributed by atoms with Gasteiger partial charge in [-0.15, -0.1) is 0 Å². The third-order valence-corrected chi connectivity index (χ3v) is 4.20. The molecule has 0 spiro atoms. The number of rotatable bonds is 8. The smallest absolute Gasteiger partial charge is 0.326 e. The highest BCUT2D eigenvalue weighted by molar-refractivity contribution is 5.90. The van der Waals surface area contributed by atoms with Crippen LogP contribution in [0.3, 0.4) is 0 Å². The van der Waals surface area contributed by atoms with Crippen molar-refractivity contribution in [1.29, 1.82) is 0 Å². The van der Waals surface area contributed by atoms with Gasteiger partial charge in [0, 0.05) is 19.8 Å². The summed E-state index contributed by atoms with van der Waals surface area (Å²) in [6, 6.07) is 10.8. The Morgan fingerprint density at radius 1 is 0.964 bits per heavy atom. The van der Waals surface area contributed by atoms with Crippen molar-refractivity contribution in [2.24, 2.45) is 0 Å². The van der Waals surface area contributed by atoms with Gasteiger partial charge in [0.05, 0.1) is 0 Å². The fourth-order valence-corrected chi connectivity index (χ4v) is 2.79. The summed E-state index contributed by atoms with van der Waals surface area (Å²) in [6.07, 6.45) is 0.147. The molecule has 0 heterocycles. The molecule has 0 aromatic heterocycles. The first-order valence-corrected chi connectivity index (χ1v) is 8.85. The van der Waals surface area contributed by atoms with Crippen molar-refractivity contribution in [3.05, 3.63) is 71.0 Å². The van der Waals surface area contributed by atoms with E-state index in [0.29, 0.717) is 5.56 Å². The highest BCUT2D eigenvalue weighted by Crippen LogP contribution is 2.09. The van der Waals surface area contributed by atoms with Crippen LogP contribution in [0.4, 0.5) is 4.39 Å². The van der Waals surface area contributed by atoms with E-state index in [1.807, 2.05) is 19.1 Å². The van der Waals surface area contributed by atoms with Crippen molar-refractivity contribution in [1.82, 2.24) is 10.6 Å². The number of benzene rings is 2. The van der Waals surface area contributed by atoms with E-state index in [2.05, 4.69) is 10.6 Å². The highest BCUT2D eigenvalue weighted by atomic mass is 19.1. The molecule has 0 aliphatic heterocycles. The molecule has 0 aliphatic carbocycles. The van der Waals surface area contributed by atoms with Crippen molar-refractivity contribution in [2.45, 2.75) is 38.8 Å². The summed E-state index contributed by atoms with van der Waals surface area (Å²) in [5.74, 6) is -2.72. The van der Waals surface area contributed by atoms with Crippen LogP contribution in [0.15, 0.2) is 48.5 Å². The molecule has 2 aromatic rings. The van der Waals surface area contributed by atoms with Crippen LogP contribution in [0.2, 0.25) is 0 Å². The second-order valence-electron chi connectivity index (χ2n) is 6.68. The minimum atomic E-state index is -1.18. The normalized spacial score (nSPS) is 12.7. The number of carbonyl (C=O) groups excluding carboxylic acids is 2. The Morgan fingerprint density at radius 2 is 1.61 bits per heavy atom. The molecule has 0 bridgehead atoms. The van der Waals surface area contributed by atoms with Gasteiger partial charge in [0.1, 0.15) is 17.9 Å². The Balaban J connectivity index is 2.12.